The Bertz CT molecular complexity index is 987. The van der Waals surface area contributed by atoms with Gasteiger partial charge in [-0.2, -0.15) is 4.98 Å². The van der Waals surface area contributed by atoms with Crippen molar-refractivity contribution in [1.29, 1.82) is 0 Å². The molecule has 17 heteroatoms. The first-order valence-corrected chi connectivity index (χ1v) is 14.3. The number of nitrogens with zero attached hydrogens (tertiary/aromatic N) is 7. The van der Waals surface area contributed by atoms with Gasteiger partial charge in [0.2, 0.25) is 0 Å². The van der Waals surface area contributed by atoms with E-state index in [2.05, 4.69) is 42.8 Å². The minimum absolute atomic E-state index is 0.0520. The van der Waals surface area contributed by atoms with Crippen molar-refractivity contribution in [1.82, 2.24) is 33.5 Å². The van der Waals surface area contributed by atoms with Gasteiger partial charge in [0.25, 0.3) is 0 Å². The predicted octanol–water partition coefficient (Wildman–Crippen LogP) is 6.28. The Labute approximate surface area is 201 Å². The molecular formula is C18H33F6N7O2P2. The molecule has 0 aliphatic carbocycles. The van der Waals surface area contributed by atoms with Crippen LogP contribution in [0.3, 0.4) is 0 Å². The summed E-state index contributed by atoms with van der Waals surface area (Å²) in [6.45, 7) is 4.40. The Morgan fingerprint density at radius 2 is 1.51 bits per heavy atom. The van der Waals surface area contributed by atoms with Crippen LogP contribution in [-0.2, 0) is 4.74 Å². The van der Waals surface area contributed by atoms with Crippen LogP contribution in [0.2, 0.25) is 0 Å². The number of ether oxygens (including phenoxy) is 1. The molecule has 1 aliphatic heterocycles. The van der Waals surface area contributed by atoms with E-state index < -0.39 is 15.8 Å². The molecule has 2 aromatic heterocycles. The van der Waals surface area contributed by atoms with E-state index >= 15 is 0 Å². The van der Waals surface area contributed by atoms with Crippen molar-refractivity contribution in [3.05, 3.63) is 12.7 Å². The van der Waals surface area contributed by atoms with Gasteiger partial charge in [-0.05, 0) is 18.8 Å². The first-order valence-electron chi connectivity index (χ1n) is 10.7. The first-order chi connectivity index (χ1) is 15.7. The van der Waals surface area contributed by atoms with Crippen LogP contribution in [0.1, 0.15) is 32.9 Å². The summed E-state index contributed by atoms with van der Waals surface area (Å²) in [6, 6.07) is 0. The topological polar surface area (TPSA) is 71.8 Å². The predicted molar refractivity (Wildman–Crippen MR) is 125 cm³/mol. The molecule has 0 radical (unpaired) electrons. The number of imidazole rings is 1. The second-order valence-corrected chi connectivity index (χ2v) is 14.4. The van der Waals surface area contributed by atoms with E-state index in [0.717, 1.165) is 18.5 Å². The van der Waals surface area contributed by atoms with Crippen molar-refractivity contribution in [2.24, 2.45) is 5.92 Å². The zero-order valence-corrected chi connectivity index (χ0v) is 22.7. The SMILES string of the molecule is CC[C@H]1O[C@@H](n2cnc3c(O[P+](N(C)C)(N(C)C)N(C)C)ncnc32)CC1C.F[P-](F)(F)(F)(F)F. The molecule has 0 bridgehead atoms. The summed E-state index contributed by atoms with van der Waals surface area (Å²) in [5.41, 5.74) is 1.40. The normalized spacial score (nSPS) is 23.4. The van der Waals surface area contributed by atoms with Crippen molar-refractivity contribution in [2.45, 2.75) is 39.0 Å². The molecule has 0 N–H and O–H groups in total. The summed E-state index contributed by atoms with van der Waals surface area (Å²) in [7, 11) is -0.803. The van der Waals surface area contributed by atoms with Gasteiger partial charge in [-0.25, -0.2) is 9.97 Å². The van der Waals surface area contributed by atoms with Gasteiger partial charge in [0.05, 0.1) is 12.4 Å². The van der Waals surface area contributed by atoms with Crippen LogP contribution >= 0.6 is 15.8 Å². The number of halogens is 6. The third-order valence-electron chi connectivity index (χ3n) is 5.35. The van der Waals surface area contributed by atoms with Gasteiger partial charge >= 0.3 is 46.8 Å². The number of hydrogen-bond acceptors (Lipinski definition) is 8. The molecule has 1 aliphatic rings. The van der Waals surface area contributed by atoms with E-state index in [1.165, 1.54) is 0 Å². The average molecular weight is 555 g/mol. The monoisotopic (exact) mass is 555 g/mol. The van der Waals surface area contributed by atoms with Crippen LogP contribution in [0, 0.1) is 5.92 Å². The molecule has 0 amide bonds. The molecule has 3 atom stereocenters. The summed E-state index contributed by atoms with van der Waals surface area (Å²) >= 11 is 0. The fraction of sp³-hybridized carbons (Fsp3) is 0.722. The van der Waals surface area contributed by atoms with Gasteiger partial charge in [-0.15, -0.1) is 14.0 Å². The van der Waals surface area contributed by atoms with E-state index in [0.29, 0.717) is 17.3 Å². The van der Waals surface area contributed by atoms with Crippen LogP contribution in [0.15, 0.2) is 12.7 Å². The van der Waals surface area contributed by atoms with E-state index in [4.69, 9.17) is 9.26 Å². The van der Waals surface area contributed by atoms with E-state index in [9.17, 15) is 25.2 Å². The molecule has 0 aromatic carbocycles. The number of hydrogen-bond donors (Lipinski definition) is 0. The van der Waals surface area contributed by atoms with Crippen molar-refractivity contribution >= 4 is 26.9 Å². The first kappa shape index (κ1) is 29.9. The van der Waals surface area contributed by atoms with E-state index in [1.54, 1.807) is 12.7 Å². The van der Waals surface area contributed by atoms with Crippen molar-refractivity contribution < 1.29 is 34.4 Å². The number of aromatic nitrogens is 4. The fourth-order valence-corrected chi connectivity index (χ4v) is 7.08. The van der Waals surface area contributed by atoms with Gasteiger partial charge < -0.3 is 4.74 Å². The van der Waals surface area contributed by atoms with Gasteiger partial charge in [0, 0.05) is 42.3 Å². The molecule has 1 saturated heterocycles. The van der Waals surface area contributed by atoms with Crippen LogP contribution in [0.4, 0.5) is 25.2 Å². The zero-order valence-electron chi connectivity index (χ0n) is 20.9. The standard InChI is InChI=1S/C18H33N7O2P.F6P/c1-9-14-13(2)10-15(26-14)25-12-21-16-17(25)19-11-20-18(16)27-28(22(3)4,23(5)6)24(7)8;1-7(2,3,4,5)6/h11-15H,9-10H2,1-8H3;/q+1;-1/t13?,14-,15-;/m1./s1. The van der Waals surface area contributed by atoms with Crippen molar-refractivity contribution in [3.63, 3.8) is 0 Å². The van der Waals surface area contributed by atoms with Crippen molar-refractivity contribution in [2.75, 3.05) is 42.3 Å². The molecule has 9 nitrogen and oxygen atoms in total. The second-order valence-electron chi connectivity index (χ2n) is 8.86. The molecule has 1 fully saturated rings. The maximum absolute atomic E-state index is 10.7. The third-order valence-corrected chi connectivity index (χ3v) is 8.89. The van der Waals surface area contributed by atoms with Gasteiger partial charge in [0.1, 0.15) is 12.6 Å². The van der Waals surface area contributed by atoms with Gasteiger partial charge in [-0.1, -0.05) is 13.8 Å². The van der Waals surface area contributed by atoms with Crippen LogP contribution in [-0.4, -0.2) is 81.9 Å². The molecule has 204 valence electrons. The van der Waals surface area contributed by atoms with E-state index in [-0.39, 0.29) is 12.3 Å². The molecule has 2 aromatic rings. The maximum atomic E-state index is 9.87. The number of fused-ring (bicyclic) bond motifs is 1. The Balaban J connectivity index is 0.000000540. The average Bonchev–Trinajstić information content (AvgIpc) is 3.26. The molecule has 0 saturated carbocycles. The van der Waals surface area contributed by atoms with Crippen LogP contribution in [0.5, 0.6) is 5.88 Å². The van der Waals surface area contributed by atoms with Crippen LogP contribution < -0.4 is 4.52 Å². The summed E-state index contributed by atoms with van der Waals surface area (Å²) in [5.74, 6) is 1.01. The van der Waals surface area contributed by atoms with Crippen molar-refractivity contribution in [3.8, 4) is 5.88 Å². The Morgan fingerprint density at radius 3 is 1.94 bits per heavy atom. The molecule has 1 unspecified atom stereocenters. The number of rotatable bonds is 7. The summed E-state index contributed by atoms with van der Waals surface area (Å²) in [5, 5.41) is 0. The summed E-state index contributed by atoms with van der Waals surface area (Å²) in [4.78, 5) is 13.5. The van der Waals surface area contributed by atoms with E-state index in [1.807, 2.05) is 46.9 Å². The zero-order chi connectivity index (χ0) is 27.0. The third kappa shape index (κ3) is 7.80. The van der Waals surface area contributed by atoms with Gasteiger partial charge in [-0.3, -0.25) is 9.09 Å². The minimum atomic E-state index is -10.7. The van der Waals surface area contributed by atoms with Crippen LogP contribution in [0.25, 0.3) is 11.2 Å². The summed E-state index contributed by atoms with van der Waals surface area (Å²) in [6.07, 6.45) is 5.52. The molecular weight excluding hydrogens is 522 g/mol. The molecule has 3 rings (SSSR count). The summed E-state index contributed by atoms with van der Waals surface area (Å²) < 4.78 is 80.3. The molecule has 35 heavy (non-hydrogen) atoms. The quantitative estimate of drug-likeness (QED) is 0.292. The second kappa shape index (κ2) is 9.50. The fourth-order valence-electron chi connectivity index (χ4n) is 4.08. The Morgan fingerprint density at radius 1 is 1.00 bits per heavy atom. The molecule has 0 spiro atoms. The molecule has 3 heterocycles. The Hall–Kier alpha value is -1.37. The Kier molecular flexibility index (Phi) is 8.10. The van der Waals surface area contributed by atoms with Gasteiger partial charge in [0.15, 0.2) is 11.2 Å².